The predicted octanol–water partition coefficient (Wildman–Crippen LogP) is 3.82. The van der Waals surface area contributed by atoms with Crippen molar-refractivity contribution in [3.8, 4) is 0 Å². The Bertz CT molecular complexity index is 354. The molecule has 0 bridgehead atoms. The molecular weight excluding hydrogens is 326 g/mol. The molecule has 1 rings (SSSR count). The Morgan fingerprint density at radius 3 is 2.69 bits per heavy atom. The summed E-state index contributed by atoms with van der Waals surface area (Å²) in [7, 11) is 0. The number of carbonyl (C=O) groups excluding carboxylic acids is 1. The summed E-state index contributed by atoms with van der Waals surface area (Å²) in [5.74, 6) is -0.842. The molecule has 1 aromatic carbocycles. The number of Topliss-reactive ketones (excluding diaryl/α,β-unsaturated/α-hetero) is 1. The molecule has 0 amide bonds. The van der Waals surface area contributed by atoms with Gasteiger partial charge in [0.1, 0.15) is 5.82 Å². The summed E-state index contributed by atoms with van der Waals surface area (Å²) in [6, 6.07) is 2.71. The largest absolute Gasteiger partial charge is 0.293 e. The van der Waals surface area contributed by atoms with E-state index in [0.29, 0.717) is 4.47 Å². The summed E-state index contributed by atoms with van der Waals surface area (Å²) in [6.45, 7) is 0. The van der Waals surface area contributed by atoms with E-state index in [9.17, 15) is 9.18 Å². The standard InChI is InChI=1S/C8H4Br2ClFO/c9-3-7(13)5-1-4(10)2-6(12)8(5)11/h1-2H,3H2. The van der Waals surface area contributed by atoms with Gasteiger partial charge < -0.3 is 0 Å². The van der Waals surface area contributed by atoms with Crippen LogP contribution in [0, 0.1) is 5.82 Å². The quantitative estimate of drug-likeness (QED) is 0.458. The molecule has 1 aromatic rings. The second-order valence-corrected chi connectivity index (χ2v) is 4.16. The van der Waals surface area contributed by atoms with Crippen LogP contribution in [0.1, 0.15) is 10.4 Å². The van der Waals surface area contributed by atoms with Gasteiger partial charge in [0, 0.05) is 10.0 Å². The molecular formula is C8H4Br2ClFO. The zero-order valence-electron chi connectivity index (χ0n) is 6.28. The molecule has 0 N–H and O–H groups in total. The number of ketones is 1. The second kappa shape index (κ2) is 4.53. The maximum atomic E-state index is 13.0. The van der Waals surface area contributed by atoms with E-state index < -0.39 is 5.82 Å². The minimum Gasteiger partial charge on any atom is -0.293 e. The van der Waals surface area contributed by atoms with E-state index in [1.165, 1.54) is 12.1 Å². The van der Waals surface area contributed by atoms with Crippen molar-refractivity contribution in [1.29, 1.82) is 0 Å². The van der Waals surface area contributed by atoms with Crippen LogP contribution < -0.4 is 0 Å². The van der Waals surface area contributed by atoms with Crippen molar-refractivity contribution < 1.29 is 9.18 Å². The first-order chi connectivity index (χ1) is 6.06. The molecule has 0 aliphatic heterocycles. The molecule has 5 heteroatoms. The minimum absolute atomic E-state index is 0.128. The summed E-state index contributed by atoms with van der Waals surface area (Å²) in [4.78, 5) is 11.2. The molecule has 0 fully saturated rings. The lowest BCUT2D eigenvalue weighted by atomic mass is 10.1. The monoisotopic (exact) mass is 328 g/mol. The molecule has 0 saturated heterocycles. The van der Waals surface area contributed by atoms with Crippen LogP contribution in [0.4, 0.5) is 4.39 Å². The van der Waals surface area contributed by atoms with Gasteiger partial charge in [0.05, 0.1) is 10.4 Å². The molecule has 13 heavy (non-hydrogen) atoms. The van der Waals surface area contributed by atoms with Crippen LogP contribution >= 0.6 is 43.5 Å². The molecule has 1 nitrogen and oxygen atoms in total. The Morgan fingerprint density at radius 1 is 1.54 bits per heavy atom. The van der Waals surface area contributed by atoms with Crippen LogP contribution in [0.3, 0.4) is 0 Å². The Morgan fingerprint density at radius 2 is 2.15 bits per heavy atom. The highest BCUT2D eigenvalue weighted by Gasteiger charge is 2.13. The van der Waals surface area contributed by atoms with Crippen molar-refractivity contribution in [2.24, 2.45) is 0 Å². The van der Waals surface area contributed by atoms with Crippen LogP contribution in [0.2, 0.25) is 5.02 Å². The van der Waals surface area contributed by atoms with E-state index in [-0.39, 0.29) is 21.7 Å². The smallest absolute Gasteiger partial charge is 0.175 e. The number of halogens is 4. The van der Waals surface area contributed by atoms with Crippen molar-refractivity contribution in [3.05, 3.63) is 33.0 Å². The topological polar surface area (TPSA) is 17.1 Å². The second-order valence-electron chi connectivity index (χ2n) is 2.31. The van der Waals surface area contributed by atoms with E-state index in [1.807, 2.05) is 0 Å². The fraction of sp³-hybridized carbons (Fsp3) is 0.125. The SMILES string of the molecule is O=C(CBr)c1cc(Br)cc(F)c1Cl. The van der Waals surface area contributed by atoms with Crippen molar-refractivity contribution in [1.82, 2.24) is 0 Å². The summed E-state index contributed by atoms with van der Waals surface area (Å²) in [5.41, 5.74) is 0.186. The highest BCUT2D eigenvalue weighted by molar-refractivity contribution is 9.10. The maximum absolute atomic E-state index is 13.0. The lowest BCUT2D eigenvalue weighted by Crippen LogP contribution is -2.02. The molecule has 0 atom stereocenters. The van der Waals surface area contributed by atoms with Crippen molar-refractivity contribution in [3.63, 3.8) is 0 Å². The normalized spacial score (nSPS) is 10.2. The van der Waals surface area contributed by atoms with Crippen LogP contribution in [0.25, 0.3) is 0 Å². The average molecular weight is 330 g/mol. The van der Waals surface area contributed by atoms with Gasteiger partial charge in [-0.2, -0.15) is 0 Å². The molecule has 70 valence electrons. The molecule has 0 aliphatic rings. The lowest BCUT2D eigenvalue weighted by Gasteiger charge is -2.02. The van der Waals surface area contributed by atoms with Crippen LogP contribution in [0.15, 0.2) is 16.6 Å². The summed E-state index contributed by atoms with van der Waals surface area (Å²) >= 11 is 11.7. The zero-order chi connectivity index (χ0) is 10.0. The molecule has 0 heterocycles. The Balaban J connectivity index is 3.28. The minimum atomic E-state index is -0.597. The van der Waals surface area contributed by atoms with Gasteiger partial charge in [-0.15, -0.1) is 0 Å². The number of rotatable bonds is 2. The number of benzene rings is 1. The highest BCUT2D eigenvalue weighted by Crippen LogP contribution is 2.25. The summed E-state index contributed by atoms with van der Waals surface area (Å²) in [5, 5.41) is -0.00421. The summed E-state index contributed by atoms with van der Waals surface area (Å²) < 4.78 is 13.5. The molecule has 0 spiro atoms. The predicted molar refractivity (Wildman–Crippen MR) is 57.2 cm³/mol. The van der Waals surface area contributed by atoms with E-state index in [2.05, 4.69) is 31.9 Å². The van der Waals surface area contributed by atoms with E-state index in [1.54, 1.807) is 0 Å². The van der Waals surface area contributed by atoms with Gasteiger partial charge in [0.15, 0.2) is 5.78 Å². The third kappa shape index (κ3) is 2.51. The molecule has 0 unspecified atom stereocenters. The molecule has 0 radical (unpaired) electrons. The molecule has 0 aromatic heterocycles. The van der Waals surface area contributed by atoms with Crippen molar-refractivity contribution in [2.45, 2.75) is 0 Å². The number of hydrogen-bond donors (Lipinski definition) is 0. The van der Waals surface area contributed by atoms with Gasteiger partial charge in [0.2, 0.25) is 0 Å². The zero-order valence-corrected chi connectivity index (χ0v) is 10.2. The fourth-order valence-electron chi connectivity index (χ4n) is 0.831. The van der Waals surface area contributed by atoms with Gasteiger partial charge in [-0.3, -0.25) is 4.79 Å². The third-order valence-corrected chi connectivity index (χ3v) is 2.77. The van der Waals surface area contributed by atoms with Crippen molar-refractivity contribution >= 4 is 49.2 Å². The molecule has 0 aliphatic carbocycles. The number of alkyl halides is 1. The Labute approximate surface area is 96.5 Å². The van der Waals surface area contributed by atoms with Gasteiger partial charge in [-0.25, -0.2) is 4.39 Å². The fourth-order valence-corrected chi connectivity index (χ4v) is 1.78. The van der Waals surface area contributed by atoms with Crippen LogP contribution in [0.5, 0.6) is 0 Å². The summed E-state index contributed by atoms with van der Waals surface area (Å²) in [6.07, 6.45) is 0. The lowest BCUT2D eigenvalue weighted by molar-refractivity contribution is 0.102. The first-order valence-corrected chi connectivity index (χ1v) is 5.59. The van der Waals surface area contributed by atoms with Crippen LogP contribution in [-0.2, 0) is 0 Å². The molecule has 0 saturated carbocycles. The van der Waals surface area contributed by atoms with Gasteiger partial charge in [-0.1, -0.05) is 43.5 Å². The maximum Gasteiger partial charge on any atom is 0.175 e. The number of hydrogen-bond acceptors (Lipinski definition) is 1. The number of carbonyl (C=O) groups is 1. The van der Waals surface area contributed by atoms with E-state index >= 15 is 0 Å². The Hall–Kier alpha value is 0.0700. The van der Waals surface area contributed by atoms with Gasteiger partial charge in [0.25, 0.3) is 0 Å². The Kier molecular flexibility index (Phi) is 3.88. The third-order valence-electron chi connectivity index (χ3n) is 1.41. The van der Waals surface area contributed by atoms with Gasteiger partial charge in [-0.05, 0) is 12.1 Å². The van der Waals surface area contributed by atoms with Crippen molar-refractivity contribution in [2.75, 3.05) is 5.33 Å². The first kappa shape index (κ1) is 11.1. The van der Waals surface area contributed by atoms with E-state index in [4.69, 9.17) is 11.6 Å². The first-order valence-electron chi connectivity index (χ1n) is 3.30. The van der Waals surface area contributed by atoms with Gasteiger partial charge >= 0.3 is 0 Å². The highest BCUT2D eigenvalue weighted by atomic mass is 79.9. The van der Waals surface area contributed by atoms with E-state index in [0.717, 1.165) is 0 Å². The van der Waals surface area contributed by atoms with Crippen LogP contribution in [-0.4, -0.2) is 11.1 Å². The average Bonchev–Trinajstić information content (AvgIpc) is 2.10.